The molecular weight excluding hydrogens is 449 g/mol. The van der Waals surface area contributed by atoms with Gasteiger partial charge in [-0.2, -0.15) is 17.8 Å². The first kappa shape index (κ1) is 36.7. The third-order valence-corrected chi connectivity index (χ3v) is 8.44. The van der Waals surface area contributed by atoms with Crippen molar-refractivity contribution in [3.63, 3.8) is 0 Å². The molecule has 5 aliphatic rings. The zero-order valence-corrected chi connectivity index (χ0v) is 23.1. The van der Waals surface area contributed by atoms with E-state index >= 15 is 0 Å². The van der Waals surface area contributed by atoms with Crippen LogP contribution < -0.4 is 0 Å². The van der Waals surface area contributed by atoms with Crippen molar-refractivity contribution < 1.29 is 32.7 Å². The van der Waals surface area contributed by atoms with E-state index in [0.717, 1.165) is 41.4 Å². The molecule has 0 aromatic carbocycles. The van der Waals surface area contributed by atoms with Crippen LogP contribution in [0.2, 0.25) is 0 Å². The van der Waals surface area contributed by atoms with E-state index < -0.39 is 0 Å². The van der Waals surface area contributed by atoms with Crippen LogP contribution in [0.1, 0.15) is 147 Å². The largest absolute Gasteiger partial charge is 0.303 e. The van der Waals surface area contributed by atoms with Gasteiger partial charge in [-0.3, -0.25) is 0 Å². The summed E-state index contributed by atoms with van der Waals surface area (Å²) in [5, 5.41) is 0. The van der Waals surface area contributed by atoms with Crippen LogP contribution in [0.5, 0.6) is 0 Å². The molecule has 0 heterocycles. The molecule has 1 radical (unpaired) electrons. The summed E-state index contributed by atoms with van der Waals surface area (Å²) in [6, 6.07) is 0. The summed E-state index contributed by atoms with van der Waals surface area (Å²) in [4.78, 5) is 0. The van der Waals surface area contributed by atoms with E-state index in [1.54, 1.807) is 83.5 Å². The van der Waals surface area contributed by atoms with Gasteiger partial charge in [0, 0.05) is 32.7 Å². The maximum atomic E-state index is 2.21. The Morgan fingerprint density at radius 2 is 0.774 bits per heavy atom. The van der Waals surface area contributed by atoms with E-state index in [9.17, 15) is 0 Å². The normalized spacial score (nSPS) is 36.8. The summed E-state index contributed by atoms with van der Waals surface area (Å²) in [7, 11) is 0. The van der Waals surface area contributed by atoms with Crippen molar-refractivity contribution >= 4 is 0 Å². The molecule has 0 aromatic rings. The van der Waals surface area contributed by atoms with E-state index in [2.05, 4.69) is 5.92 Å². The average molecular weight is 513 g/mol. The Labute approximate surface area is 226 Å². The van der Waals surface area contributed by atoms with Crippen LogP contribution in [-0.4, -0.2) is 0 Å². The topological polar surface area (TPSA) is 0 Å². The van der Waals surface area contributed by atoms with Crippen molar-refractivity contribution in [2.75, 3.05) is 0 Å². The fourth-order valence-electron chi connectivity index (χ4n) is 7.86. The molecule has 5 aliphatic carbocycles. The number of rotatable bonds is 0. The summed E-state index contributed by atoms with van der Waals surface area (Å²) in [6.45, 7) is 12.0. The molecule has 0 saturated heterocycles. The molecule has 5 rings (SSSR count). The van der Waals surface area contributed by atoms with Crippen molar-refractivity contribution in [3.05, 3.63) is 5.92 Å². The van der Waals surface area contributed by atoms with Crippen molar-refractivity contribution in [3.8, 4) is 0 Å². The van der Waals surface area contributed by atoms with Gasteiger partial charge in [0.1, 0.15) is 0 Å². The minimum absolute atomic E-state index is 0. The monoisotopic (exact) mass is 512 g/mol. The van der Waals surface area contributed by atoms with Gasteiger partial charge in [0.05, 0.1) is 0 Å². The Balaban J connectivity index is -0.000000729. The van der Waals surface area contributed by atoms with Crippen LogP contribution in [-0.2, 0) is 32.7 Å². The second-order valence-electron chi connectivity index (χ2n) is 9.25. The second-order valence-corrected chi connectivity index (χ2v) is 9.25. The number of fused-ring (bicyclic) bond motifs is 4. The van der Waals surface area contributed by atoms with E-state index in [0.29, 0.717) is 0 Å². The maximum absolute atomic E-state index is 2.21. The van der Waals surface area contributed by atoms with E-state index in [1.165, 1.54) is 0 Å². The van der Waals surface area contributed by atoms with Crippen molar-refractivity contribution in [2.24, 2.45) is 41.4 Å². The number of hydrogen-bond donors (Lipinski definition) is 0. The average Bonchev–Trinajstić information content (AvgIpc) is 2.78. The second kappa shape index (κ2) is 19.4. The molecule has 5 saturated carbocycles. The summed E-state index contributed by atoms with van der Waals surface area (Å²) >= 11 is 0. The van der Waals surface area contributed by atoms with Gasteiger partial charge in [-0.15, -0.1) is 0 Å². The Bertz CT molecular complexity index is 358. The SMILES string of the molecule is C.C.C.C1CCC2[C-]3C4CCCCC4CC4CCCC(CC2C1)C34.CC.CC.CC.[Y]. The van der Waals surface area contributed by atoms with Gasteiger partial charge >= 0.3 is 0 Å². The molecule has 0 amide bonds. The molecule has 5 fully saturated rings. The van der Waals surface area contributed by atoms with Gasteiger partial charge in [-0.1, -0.05) is 171 Å². The van der Waals surface area contributed by atoms with Gasteiger partial charge in [0.25, 0.3) is 0 Å². The Morgan fingerprint density at radius 1 is 0.452 bits per heavy atom. The third-order valence-electron chi connectivity index (χ3n) is 8.44. The summed E-state index contributed by atoms with van der Waals surface area (Å²) < 4.78 is 0. The fourth-order valence-corrected chi connectivity index (χ4v) is 7.86. The molecule has 0 aromatic heterocycles. The zero-order valence-electron chi connectivity index (χ0n) is 20.3. The van der Waals surface area contributed by atoms with Gasteiger partial charge in [0.15, 0.2) is 0 Å². The van der Waals surface area contributed by atoms with Gasteiger partial charge in [-0.05, 0) is 0 Å². The molecule has 6 unspecified atom stereocenters. The van der Waals surface area contributed by atoms with Crippen molar-refractivity contribution in [1.29, 1.82) is 0 Å². The van der Waals surface area contributed by atoms with Crippen LogP contribution in [0.25, 0.3) is 0 Å². The molecular formula is C30H63Y-. The van der Waals surface area contributed by atoms with Gasteiger partial charge in [0.2, 0.25) is 0 Å². The quantitative estimate of drug-likeness (QED) is 0.283. The van der Waals surface area contributed by atoms with Crippen LogP contribution in [0.3, 0.4) is 0 Å². The Kier molecular flexibility index (Phi) is 23.0. The van der Waals surface area contributed by atoms with Gasteiger partial charge < -0.3 is 5.92 Å². The van der Waals surface area contributed by atoms with Crippen LogP contribution >= 0.6 is 0 Å². The van der Waals surface area contributed by atoms with E-state index in [-0.39, 0.29) is 55.0 Å². The van der Waals surface area contributed by atoms with Crippen molar-refractivity contribution in [1.82, 2.24) is 0 Å². The molecule has 187 valence electrons. The predicted octanol–water partition coefficient (Wildman–Crippen LogP) is 11.0. The number of hydrogen-bond acceptors (Lipinski definition) is 0. The van der Waals surface area contributed by atoms with Gasteiger partial charge in [-0.25, -0.2) is 0 Å². The van der Waals surface area contributed by atoms with E-state index in [4.69, 9.17) is 0 Å². The third kappa shape index (κ3) is 8.08. The first-order valence-electron chi connectivity index (χ1n) is 13.3. The maximum Gasteiger partial charge on any atom is 0 e. The zero-order chi connectivity index (χ0) is 19.8. The summed E-state index contributed by atoms with van der Waals surface area (Å²) in [6.07, 6.45) is 20.5. The molecule has 0 nitrogen and oxygen atoms in total. The summed E-state index contributed by atoms with van der Waals surface area (Å²) in [5.74, 6) is 9.98. The van der Waals surface area contributed by atoms with Crippen molar-refractivity contribution in [2.45, 2.75) is 147 Å². The molecule has 0 N–H and O–H groups in total. The summed E-state index contributed by atoms with van der Waals surface area (Å²) in [5.41, 5.74) is 0. The predicted molar refractivity (Wildman–Crippen MR) is 142 cm³/mol. The molecule has 0 aliphatic heterocycles. The molecule has 0 bridgehead atoms. The molecule has 31 heavy (non-hydrogen) atoms. The first-order valence-corrected chi connectivity index (χ1v) is 13.3. The Hall–Kier alpha value is 1.10. The molecule has 6 atom stereocenters. The van der Waals surface area contributed by atoms with Crippen LogP contribution in [0.15, 0.2) is 0 Å². The minimum Gasteiger partial charge on any atom is -0.303 e. The molecule has 0 spiro atoms. The van der Waals surface area contributed by atoms with Crippen LogP contribution in [0.4, 0.5) is 0 Å². The smallest absolute Gasteiger partial charge is 0 e. The Morgan fingerprint density at radius 3 is 1.16 bits per heavy atom. The minimum atomic E-state index is 0. The fraction of sp³-hybridized carbons (Fsp3) is 0.967. The standard InChI is InChI=1S/C21H33.3C2H6.3CH4.Y/c1-3-10-18-14(6-1)12-16-8-5-9-17-13-15-7-2-4-11-19(15)21(18)20(16)17;3*1-2;;;;/h14-20H,1-13H2;3*1-2H3;3*1H4;/q-1;;;;;;;. The van der Waals surface area contributed by atoms with Crippen LogP contribution in [0, 0.1) is 47.3 Å². The first-order chi connectivity index (χ1) is 13.4. The van der Waals surface area contributed by atoms with E-state index in [1.807, 2.05) is 41.5 Å². The molecule has 1 heteroatoms.